The first-order chi connectivity index (χ1) is 22.7. The molecule has 0 aromatic rings. The standard InChI is InChI=1S/C32H59N5O11/c1-23(2)27(37-31(43)47-20-19-46-16-10-14-35-30(42)48-32(3,4)5)26(39)21-24(11-9-13-34-29(33)41)28(40)36-22-25(38)12-7-8-15-45-18-17-44-6/h23-24,27H,7-22H2,1-6H3,(H,35,42)(H,36,40)(H,37,43)(H3,33,34,41). The summed E-state index contributed by atoms with van der Waals surface area (Å²) in [5, 5.41) is 10.3. The van der Waals surface area contributed by atoms with E-state index in [1.54, 1.807) is 41.7 Å². The number of ketones is 2. The first kappa shape index (κ1) is 44.5. The molecule has 6 N–H and O–H groups in total. The third-order valence-corrected chi connectivity index (χ3v) is 6.61. The van der Waals surface area contributed by atoms with Crippen LogP contribution in [0.25, 0.3) is 0 Å². The number of nitrogens with one attached hydrogen (secondary N) is 4. The molecule has 2 atom stereocenters. The van der Waals surface area contributed by atoms with E-state index >= 15 is 0 Å². The number of unbranched alkanes of at least 4 members (excludes halogenated alkanes) is 1. The van der Waals surface area contributed by atoms with Crippen LogP contribution >= 0.6 is 0 Å². The van der Waals surface area contributed by atoms with Crippen LogP contribution in [0.2, 0.25) is 0 Å². The minimum Gasteiger partial charge on any atom is -0.447 e. The van der Waals surface area contributed by atoms with E-state index in [1.807, 2.05) is 0 Å². The number of Topliss-reactive ketones (excluding diaryl/α,β-unsaturated/α-hetero) is 2. The molecule has 16 heteroatoms. The summed E-state index contributed by atoms with van der Waals surface area (Å²) in [7, 11) is 1.59. The SMILES string of the molecule is COCCOCCCCC(=O)CNC(=O)C(CCCNC(N)=O)CC(=O)C(NC(=O)OCCOCCCNC(=O)OC(C)(C)C)C(C)C. The lowest BCUT2D eigenvalue weighted by atomic mass is 9.89. The molecule has 2 unspecified atom stereocenters. The molecule has 0 radical (unpaired) electrons. The van der Waals surface area contributed by atoms with Crippen LogP contribution in [0.1, 0.15) is 79.6 Å². The molecule has 0 fully saturated rings. The number of hydrogen-bond acceptors (Lipinski definition) is 11. The minimum atomic E-state index is -0.927. The molecule has 5 amide bonds. The molecule has 0 aliphatic carbocycles. The van der Waals surface area contributed by atoms with E-state index in [-0.39, 0.29) is 63.1 Å². The number of alkyl carbamates (subject to hydrolysis) is 2. The van der Waals surface area contributed by atoms with Gasteiger partial charge in [0.25, 0.3) is 0 Å². The van der Waals surface area contributed by atoms with Crippen LogP contribution in [0, 0.1) is 11.8 Å². The molecule has 48 heavy (non-hydrogen) atoms. The molecule has 0 heterocycles. The van der Waals surface area contributed by atoms with Gasteiger partial charge in [0.2, 0.25) is 5.91 Å². The molecule has 0 bridgehead atoms. The van der Waals surface area contributed by atoms with Crippen LogP contribution in [-0.4, -0.2) is 114 Å². The Morgan fingerprint density at radius 3 is 2.02 bits per heavy atom. The van der Waals surface area contributed by atoms with Crippen molar-refractivity contribution in [3.8, 4) is 0 Å². The predicted molar refractivity (Wildman–Crippen MR) is 177 cm³/mol. The average molecular weight is 690 g/mol. The molecular formula is C32H59N5O11. The van der Waals surface area contributed by atoms with Gasteiger partial charge in [-0.25, -0.2) is 14.4 Å². The molecule has 0 aromatic heterocycles. The van der Waals surface area contributed by atoms with Gasteiger partial charge in [-0.05, 0) is 58.8 Å². The Morgan fingerprint density at radius 1 is 0.750 bits per heavy atom. The molecule has 0 saturated heterocycles. The van der Waals surface area contributed by atoms with E-state index in [0.29, 0.717) is 58.7 Å². The number of rotatable bonds is 27. The monoisotopic (exact) mass is 689 g/mol. The van der Waals surface area contributed by atoms with Crippen molar-refractivity contribution in [3.05, 3.63) is 0 Å². The summed E-state index contributed by atoms with van der Waals surface area (Å²) in [5.74, 6) is -2.10. The largest absolute Gasteiger partial charge is 0.447 e. The van der Waals surface area contributed by atoms with Gasteiger partial charge in [-0.1, -0.05) is 13.8 Å². The second-order valence-electron chi connectivity index (χ2n) is 12.5. The Kier molecular flexibility index (Phi) is 24.5. The first-order valence-corrected chi connectivity index (χ1v) is 16.6. The number of ether oxygens (including phenoxy) is 5. The van der Waals surface area contributed by atoms with Crippen LogP contribution < -0.4 is 27.0 Å². The summed E-state index contributed by atoms with van der Waals surface area (Å²) in [6, 6.07) is -1.63. The zero-order chi connectivity index (χ0) is 36.4. The molecule has 0 aliphatic heterocycles. The summed E-state index contributed by atoms with van der Waals surface area (Å²) in [6.45, 7) is 11.1. The maximum Gasteiger partial charge on any atom is 0.407 e. The molecule has 0 aromatic carbocycles. The lowest BCUT2D eigenvalue weighted by molar-refractivity contribution is -0.131. The van der Waals surface area contributed by atoms with Crippen LogP contribution in [0.5, 0.6) is 0 Å². The number of amides is 5. The Morgan fingerprint density at radius 2 is 1.40 bits per heavy atom. The van der Waals surface area contributed by atoms with Gasteiger partial charge in [0.05, 0.1) is 32.4 Å². The summed E-state index contributed by atoms with van der Waals surface area (Å²) in [5.41, 5.74) is 4.53. The van der Waals surface area contributed by atoms with E-state index in [1.165, 1.54) is 0 Å². The van der Waals surface area contributed by atoms with Gasteiger partial charge in [0.1, 0.15) is 12.2 Å². The van der Waals surface area contributed by atoms with Crippen molar-refractivity contribution in [1.29, 1.82) is 0 Å². The van der Waals surface area contributed by atoms with Gasteiger partial charge < -0.3 is 50.7 Å². The van der Waals surface area contributed by atoms with E-state index in [4.69, 9.17) is 29.4 Å². The Bertz CT molecular complexity index is 973. The Balaban J connectivity index is 4.76. The van der Waals surface area contributed by atoms with Gasteiger partial charge in [0, 0.05) is 52.2 Å². The average Bonchev–Trinajstić information content (AvgIpc) is 2.99. The molecule has 0 aliphatic rings. The lowest BCUT2D eigenvalue weighted by Crippen LogP contribution is -2.46. The van der Waals surface area contributed by atoms with Crippen LogP contribution in [0.4, 0.5) is 14.4 Å². The lowest BCUT2D eigenvalue weighted by Gasteiger charge is -2.23. The highest BCUT2D eigenvalue weighted by molar-refractivity contribution is 5.93. The van der Waals surface area contributed by atoms with Crippen LogP contribution in [0.3, 0.4) is 0 Å². The maximum absolute atomic E-state index is 13.3. The molecule has 0 spiro atoms. The maximum atomic E-state index is 13.3. The second-order valence-corrected chi connectivity index (χ2v) is 12.5. The number of hydrogen-bond donors (Lipinski definition) is 5. The fourth-order valence-electron chi connectivity index (χ4n) is 4.21. The fraction of sp³-hybridized carbons (Fsp3) is 0.812. The van der Waals surface area contributed by atoms with Crippen LogP contribution in [-0.2, 0) is 38.1 Å². The van der Waals surface area contributed by atoms with Crippen molar-refractivity contribution in [1.82, 2.24) is 21.3 Å². The third-order valence-electron chi connectivity index (χ3n) is 6.61. The zero-order valence-electron chi connectivity index (χ0n) is 29.6. The highest BCUT2D eigenvalue weighted by atomic mass is 16.6. The number of primary amides is 1. The van der Waals surface area contributed by atoms with Crippen molar-refractivity contribution < 1.29 is 52.5 Å². The zero-order valence-corrected chi connectivity index (χ0v) is 29.6. The smallest absolute Gasteiger partial charge is 0.407 e. The number of urea groups is 1. The molecular weight excluding hydrogens is 630 g/mol. The molecule has 278 valence electrons. The van der Waals surface area contributed by atoms with Crippen molar-refractivity contribution in [2.24, 2.45) is 17.6 Å². The summed E-state index contributed by atoms with van der Waals surface area (Å²) < 4.78 is 26.0. The summed E-state index contributed by atoms with van der Waals surface area (Å²) >= 11 is 0. The summed E-state index contributed by atoms with van der Waals surface area (Å²) in [6.07, 6.45) is 1.20. The minimum absolute atomic E-state index is 0.0584. The second kappa shape index (κ2) is 26.5. The van der Waals surface area contributed by atoms with Crippen molar-refractivity contribution in [2.75, 3.05) is 66.4 Å². The van der Waals surface area contributed by atoms with Gasteiger partial charge in [-0.2, -0.15) is 0 Å². The van der Waals surface area contributed by atoms with E-state index < -0.39 is 41.7 Å². The normalized spacial score (nSPS) is 12.5. The van der Waals surface area contributed by atoms with Gasteiger partial charge in [-0.15, -0.1) is 0 Å². The van der Waals surface area contributed by atoms with Crippen molar-refractivity contribution >= 4 is 35.7 Å². The van der Waals surface area contributed by atoms with E-state index in [9.17, 15) is 28.8 Å². The topological polar surface area (TPSA) is 223 Å². The summed E-state index contributed by atoms with van der Waals surface area (Å²) in [4.78, 5) is 73.8. The van der Waals surface area contributed by atoms with Crippen LogP contribution in [0.15, 0.2) is 0 Å². The Labute approximate surface area is 284 Å². The van der Waals surface area contributed by atoms with Crippen molar-refractivity contribution in [2.45, 2.75) is 91.2 Å². The van der Waals surface area contributed by atoms with E-state index in [2.05, 4.69) is 21.3 Å². The first-order valence-electron chi connectivity index (χ1n) is 16.6. The van der Waals surface area contributed by atoms with Gasteiger partial charge in [0.15, 0.2) is 11.6 Å². The van der Waals surface area contributed by atoms with Gasteiger partial charge >= 0.3 is 18.2 Å². The fourth-order valence-corrected chi connectivity index (χ4v) is 4.21. The predicted octanol–water partition coefficient (Wildman–Crippen LogP) is 2.21. The highest BCUT2D eigenvalue weighted by Crippen LogP contribution is 2.16. The molecule has 0 saturated carbocycles. The Hall–Kier alpha value is -3.50. The third kappa shape index (κ3) is 25.6. The van der Waals surface area contributed by atoms with E-state index in [0.717, 1.165) is 0 Å². The van der Waals surface area contributed by atoms with Gasteiger partial charge in [-0.3, -0.25) is 14.4 Å². The number of carbonyl (C=O) groups is 6. The molecule has 0 rings (SSSR count). The van der Waals surface area contributed by atoms with Crippen molar-refractivity contribution in [3.63, 3.8) is 0 Å². The quantitative estimate of drug-likeness (QED) is 0.0787. The molecule has 16 nitrogen and oxygen atoms in total. The highest BCUT2D eigenvalue weighted by Gasteiger charge is 2.30. The number of methoxy groups -OCH3 is 1. The number of carbonyl (C=O) groups excluding carboxylic acids is 6. The number of nitrogens with two attached hydrogens (primary N) is 1.